The predicted octanol–water partition coefficient (Wildman–Crippen LogP) is 1.01. The minimum Gasteiger partial charge on any atom is -0.399 e. The number of hydrogen-bond acceptors (Lipinski definition) is 4. The maximum Gasteiger partial charge on any atom is 0.324 e. The van der Waals surface area contributed by atoms with Gasteiger partial charge in [0, 0.05) is 12.1 Å². The van der Waals surface area contributed by atoms with E-state index >= 15 is 0 Å². The quantitative estimate of drug-likeness (QED) is 0.553. The largest absolute Gasteiger partial charge is 0.399 e. The molecule has 0 fully saturated rings. The summed E-state index contributed by atoms with van der Waals surface area (Å²) in [5.41, 5.74) is 7.44. The zero-order valence-corrected chi connectivity index (χ0v) is 7.90. The molecule has 0 spiro atoms. The van der Waals surface area contributed by atoms with E-state index in [-0.39, 0.29) is 5.97 Å². The first-order valence-corrected chi connectivity index (χ1v) is 4.46. The summed E-state index contributed by atoms with van der Waals surface area (Å²) in [5, 5.41) is 0. The summed E-state index contributed by atoms with van der Waals surface area (Å²) in [7, 11) is 0. The van der Waals surface area contributed by atoms with Gasteiger partial charge in [0.2, 0.25) is 0 Å². The summed E-state index contributed by atoms with van der Waals surface area (Å²) in [6.45, 7) is 0. The van der Waals surface area contributed by atoms with Gasteiger partial charge in [0.1, 0.15) is 0 Å². The molecule has 0 aliphatic heterocycles. The zero-order chi connectivity index (χ0) is 10.4. The van der Waals surface area contributed by atoms with E-state index in [9.17, 15) is 4.79 Å². The van der Waals surface area contributed by atoms with Gasteiger partial charge in [-0.2, -0.15) is 5.90 Å². The Labute approximate surface area is 82.8 Å². The number of benzene rings is 1. The lowest BCUT2D eigenvalue weighted by Crippen LogP contribution is -2.09. The number of aryl methyl sites for hydroxylation is 1. The van der Waals surface area contributed by atoms with Crippen LogP contribution >= 0.6 is 0 Å². The predicted molar refractivity (Wildman–Crippen MR) is 54.1 cm³/mol. The lowest BCUT2D eigenvalue weighted by Gasteiger charge is -2.00. The van der Waals surface area contributed by atoms with Crippen LogP contribution in [0.15, 0.2) is 24.3 Å². The molecule has 0 unspecified atom stereocenters. The molecule has 4 nitrogen and oxygen atoms in total. The van der Waals surface area contributed by atoms with E-state index in [0.717, 1.165) is 24.1 Å². The maximum atomic E-state index is 10.7. The first-order valence-electron chi connectivity index (χ1n) is 4.46. The van der Waals surface area contributed by atoms with Crippen molar-refractivity contribution in [3.05, 3.63) is 29.8 Å². The monoisotopic (exact) mass is 194 g/mol. The Kier molecular flexibility index (Phi) is 3.94. The van der Waals surface area contributed by atoms with E-state index in [2.05, 4.69) is 4.84 Å². The van der Waals surface area contributed by atoms with E-state index in [1.54, 1.807) is 0 Å². The van der Waals surface area contributed by atoms with Crippen molar-refractivity contribution in [2.45, 2.75) is 19.3 Å². The number of carbonyl (C=O) groups is 1. The first-order chi connectivity index (χ1) is 6.72. The second kappa shape index (κ2) is 5.24. The Morgan fingerprint density at radius 3 is 2.50 bits per heavy atom. The Hall–Kier alpha value is -1.55. The molecule has 0 aliphatic rings. The van der Waals surface area contributed by atoms with Crippen LogP contribution in [-0.2, 0) is 16.1 Å². The van der Waals surface area contributed by atoms with Gasteiger partial charge in [-0.3, -0.25) is 4.79 Å². The summed E-state index contributed by atoms with van der Waals surface area (Å²) in [5.74, 6) is 4.33. The van der Waals surface area contributed by atoms with Gasteiger partial charge in [-0.15, -0.1) is 0 Å². The Morgan fingerprint density at radius 1 is 1.29 bits per heavy atom. The summed E-state index contributed by atoms with van der Waals surface area (Å²) in [4.78, 5) is 14.7. The smallest absolute Gasteiger partial charge is 0.324 e. The van der Waals surface area contributed by atoms with Crippen molar-refractivity contribution in [2.75, 3.05) is 5.73 Å². The molecular weight excluding hydrogens is 180 g/mol. The molecule has 0 saturated heterocycles. The van der Waals surface area contributed by atoms with E-state index in [1.807, 2.05) is 24.3 Å². The third kappa shape index (κ3) is 3.45. The molecule has 14 heavy (non-hydrogen) atoms. The van der Waals surface area contributed by atoms with Gasteiger partial charge in [0.25, 0.3) is 0 Å². The highest BCUT2D eigenvalue weighted by Gasteiger charge is 2.00. The number of anilines is 1. The van der Waals surface area contributed by atoms with Crippen LogP contribution in [0.4, 0.5) is 5.69 Å². The molecule has 0 atom stereocenters. The standard InChI is InChI=1S/C10H14N2O2/c11-9-6-4-8(5-7-9)2-1-3-10(13)14-12/h4-7H,1-3,11-12H2. The third-order valence-electron chi connectivity index (χ3n) is 1.96. The van der Waals surface area contributed by atoms with E-state index in [0.29, 0.717) is 6.42 Å². The van der Waals surface area contributed by atoms with Crippen molar-refractivity contribution in [1.29, 1.82) is 0 Å². The second-order valence-corrected chi connectivity index (χ2v) is 3.08. The van der Waals surface area contributed by atoms with Crippen LogP contribution in [0.1, 0.15) is 18.4 Å². The van der Waals surface area contributed by atoms with Crippen LogP contribution in [0.5, 0.6) is 0 Å². The first kappa shape index (κ1) is 10.5. The zero-order valence-electron chi connectivity index (χ0n) is 7.90. The van der Waals surface area contributed by atoms with Gasteiger partial charge < -0.3 is 10.6 Å². The Morgan fingerprint density at radius 2 is 1.93 bits per heavy atom. The molecular formula is C10H14N2O2. The average Bonchev–Trinajstić information content (AvgIpc) is 2.21. The van der Waals surface area contributed by atoms with Crippen LogP contribution < -0.4 is 11.6 Å². The normalized spacial score (nSPS) is 9.79. The summed E-state index contributed by atoms with van der Waals surface area (Å²) >= 11 is 0. The number of carbonyl (C=O) groups excluding carboxylic acids is 1. The minimum absolute atomic E-state index is 0.348. The molecule has 4 heteroatoms. The highest BCUT2D eigenvalue weighted by atomic mass is 16.7. The molecule has 0 saturated carbocycles. The van der Waals surface area contributed by atoms with Gasteiger partial charge in [0.05, 0.1) is 0 Å². The summed E-state index contributed by atoms with van der Waals surface area (Å²) in [6.07, 6.45) is 1.91. The van der Waals surface area contributed by atoms with E-state index in [1.165, 1.54) is 0 Å². The highest BCUT2D eigenvalue weighted by Crippen LogP contribution is 2.08. The number of hydrogen-bond donors (Lipinski definition) is 2. The lowest BCUT2D eigenvalue weighted by atomic mass is 10.1. The highest BCUT2D eigenvalue weighted by molar-refractivity contribution is 5.68. The molecule has 76 valence electrons. The van der Waals surface area contributed by atoms with Gasteiger partial charge in [0.15, 0.2) is 0 Å². The molecule has 0 aromatic heterocycles. The molecule has 4 N–H and O–H groups in total. The third-order valence-corrected chi connectivity index (χ3v) is 1.96. The molecule has 1 rings (SSSR count). The van der Waals surface area contributed by atoms with Crippen molar-refractivity contribution in [1.82, 2.24) is 0 Å². The Bertz CT molecular complexity index is 295. The molecule has 0 aliphatic carbocycles. The fourth-order valence-corrected chi connectivity index (χ4v) is 1.18. The van der Waals surface area contributed by atoms with Crippen LogP contribution in [0, 0.1) is 0 Å². The molecule has 0 heterocycles. The van der Waals surface area contributed by atoms with E-state index < -0.39 is 0 Å². The fraction of sp³-hybridized carbons (Fsp3) is 0.300. The van der Waals surface area contributed by atoms with Crippen molar-refractivity contribution in [3.8, 4) is 0 Å². The van der Waals surface area contributed by atoms with Crippen LogP contribution in [0.3, 0.4) is 0 Å². The van der Waals surface area contributed by atoms with Crippen molar-refractivity contribution in [3.63, 3.8) is 0 Å². The van der Waals surface area contributed by atoms with Gasteiger partial charge in [-0.05, 0) is 30.5 Å². The van der Waals surface area contributed by atoms with Crippen LogP contribution in [0.25, 0.3) is 0 Å². The molecule has 0 radical (unpaired) electrons. The summed E-state index contributed by atoms with van der Waals surface area (Å²) in [6, 6.07) is 7.58. The molecule has 1 aromatic carbocycles. The minimum atomic E-state index is -0.375. The van der Waals surface area contributed by atoms with Crippen LogP contribution in [0.2, 0.25) is 0 Å². The SMILES string of the molecule is NOC(=O)CCCc1ccc(N)cc1. The molecule has 1 aromatic rings. The number of nitrogen functional groups attached to an aromatic ring is 1. The lowest BCUT2D eigenvalue weighted by molar-refractivity contribution is -0.144. The van der Waals surface area contributed by atoms with Crippen molar-refractivity contribution in [2.24, 2.45) is 5.90 Å². The molecule has 0 amide bonds. The average molecular weight is 194 g/mol. The Balaban J connectivity index is 2.31. The number of rotatable bonds is 4. The van der Waals surface area contributed by atoms with Crippen LogP contribution in [-0.4, -0.2) is 5.97 Å². The van der Waals surface area contributed by atoms with Gasteiger partial charge in [-0.25, -0.2) is 0 Å². The van der Waals surface area contributed by atoms with Crippen molar-refractivity contribution >= 4 is 11.7 Å². The van der Waals surface area contributed by atoms with Gasteiger partial charge >= 0.3 is 5.97 Å². The second-order valence-electron chi connectivity index (χ2n) is 3.08. The fourth-order valence-electron chi connectivity index (χ4n) is 1.18. The topological polar surface area (TPSA) is 78.3 Å². The molecule has 0 bridgehead atoms. The maximum absolute atomic E-state index is 10.7. The number of nitrogens with two attached hydrogens (primary N) is 2. The van der Waals surface area contributed by atoms with Gasteiger partial charge in [-0.1, -0.05) is 12.1 Å². The van der Waals surface area contributed by atoms with E-state index in [4.69, 9.17) is 11.6 Å². The summed E-state index contributed by atoms with van der Waals surface area (Å²) < 4.78 is 0. The van der Waals surface area contributed by atoms with Crippen molar-refractivity contribution < 1.29 is 9.63 Å².